The van der Waals surface area contributed by atoms with Crippen LogP contribution in [0.15, 0.2) is 22.7 Å². The fraction of sp³-hybridized carbons (Fsp3) is 0.167. The largest absolute Gasteiger partial charge is 0.437 e. The van der Waals surface area contributed by atoms with Gasteiger partial charge in [-0.2, -0.15) is 5.10 Å². The third-order valence-electron chi connectivity index (χ3n) is 2.54. The Morgan fingerprint density at radius 1 is 1.53 bits per heavy atom. The number of nitrogen functional groups attached to an aromatic ring is 1. The molecule has 0 atom stereocenters. The summed E-state index contributed by atoms with van der Waals surface area (Å²) in [7, 11) is 1.69. The van der Waals surface area contributed by atoms with Gasteiger partial charge in [0.15, 0.2) is 0 Å². The quantitative estimate of drug-likeness (QED) is 0.672. The SMILES string of the molecule is Cc1nn(C)c(Oc2ccc(F)cc2Br)c1C(=N)N. The normalized spacial score (nSPS) is 10.5. The van der Waals surface area contributed by atoms with Gasteiger partial charge >= 0.3 is 0 Å². The maximum Gasteiger partial charge on any atom is 0.228 e. The van der Waals surface area contributed by atoms with E-state index >= 15 is 0 Å². The average molecular weight is 327 g/mol. The number of hydrogen-bond acceptors (Lipinski definition) is 3. The predicted molar refractivity (Wildman–Crippen MR) is 73.1 cm³/mol. The molecule has 0 aliphatic heterocycles. The van der Waals surface area contributed by atoms with E-state index < -0.39 is 0 Å². The van der Waals surface area contributed by atoms with Crippen molar-refractivity contribution in [1.29, 1.82) is 5.41 Å². The summed E-state index contributed by atoms with van der Waals surface area (Å²) < 4.78 is 20.7. The molecule has 7 heteroatoms. The molecular formula is C12H12BrFN4O. The summed E-state index contributed by atoms with van der Waals surface area (Å²) >= 11 is 3.22. The Morgan fingerprint density at radius 3 is 2.79 bits per heavy atom. The van der Waals surface area contributed by atoms with Crippen molar-refractivity contribution in [2.45, 2.75) is 6.92 Å². The van der Waals surface area contributed by atoms with E-state index in [1.807, 2.05) is 0 Å². The van der Waals surface area contributed by atoms with Crippen LogP contribution in [-0.2, 0) is 7.05 Å². The number of aryl methyl sites for hydroxylation is 2. The number of hydrogen-bond donors (Lipinski definition) is 2. The monoisotopic (exact) mass is 326 g/mol. The van der Waals surface area contributed by atoms with Gasteiger partial charge in [0.25, 0.3) is 0 Å². The fourth-order valence-electron chi connectivity index (χ4n) is 1.73. The Morgan fingerprint density at radius 2 is 2.21 bits per heavy atom. The van der Waals surface area contributed by atoms with E-state index in [1.54, 1.807) is 14.0 Å². The van der Waals surface area contributed by atoms with Crippen LogP contribution in [0.2, 0.25) is 0 Å². The zero-order chi connectivity index (χ0) is 14.2. The van der Waals surface area contributed by atoms with Crippen molar-refractivity contribution in [2.75, 3.05) is 0 Å². The number of halogens is 2. The van der Waals surface area contributed by atoms with Crippen LogP contribution in [0, 0.1) is 18.2 Å². The number of nitrogens with one attached hydrogen (secondary N) is 1. The number of amidine groups is 1. The minimum Gasteiger partial charge on any atom is -0.437 e. The van der Waals surface area contributed by atoms with E-state index in [1.165, 1.54) is 22.9 Å². The lowest BCUT2D eigenvalue weighted by Crippen LogP contribution is -2.13. The molecule has 2 aromatic rings. The lowest BCUT2D eigenvalue weighted by molar-refractivity contribution is 0.426. The molecule has 3 N–H and O–H groups in total. The number of rotatable bonds is 3. The van der Waals surface area contributed by atoms with Gasteiger partial charge in [-0.15, -0.1) is 0 Å². The Kier molecular flexibility index (Phi) is 3.57. The number of nitrogens with zero attached hydrogens (tertiary/aromatic N) is 2. The van der Waals surface area contributed by atoms with Crippen LogP contribution in [0.4, 0.5) is 4.39 Å². The molecule has 0 saturated heterocycles. The van der Waals surface area contributed by atoms with Gasteiger partial charge in [0.05, 0.1) is 10.2 Å². The maximum absolute atomic E-state index is 13.0. The lowest BCUT2D eigenvalue weighted by Gasteiger charge is -2.09. The van der Waals surface area contributed by atoms with Gasteiger partial charge in [0.2, 0.25) is 5.88 Å². The third-order valence-corrected chi connectivity index (χ3v) is 3.16. The van der Waals surface area contributed by atoms with Gasteiger partial charge in [-0.3, -0.25) is 5.41 Å². The molecular weight excluding hydrogens is 315 g/mol. The van der Waals surface area contributed by atoms with Crippen molar-refractivity contribution >= 4 is 21.8 Å². The highest BCUT2D eigenvalue weighted by Gasteiger charge is 2.18. The highest BCUT2D eigenvalue weighted by Crippen LogP contribution is 2.32. The number of ether oxygens (including phenoxy) is 1. The summed E-state index contributed by atoms with van der Waals surface area (Å²) in [4.78, 5) is 0. The summed E-state index contributed by atoms with van der Waals surface area (Å²) in [5.41, 5.74) is 6.55. The zero-order valence-corrected chi connectivity index (χ0v) is 12.0. The van der Waals surface area contributed by atoms with Crippen LogP contribution in [0.1, 0.15) is 11.3 Å². The summed E-state index contributed by atoms with van der Waals surface area (Å²) in [5, 5.41) is 11.7. The third kappa shape index (κ3) is 2.60. The summed E-state index contributed by atoms with van der Waals surface area (Å²) in [5.74, 6) is 0.273. The lowest BCUT2D eigenvalue weighted by atomic mass is 10.2. The Labute approximate surface area is 117 Å². The van der Waals surface area contributed by atoms with Gasteiger partial charge in [0, 0.05) is 7.05 Å². The molecule has 0 aliphatic rings. The Bertz CT molecular complexity index is 653. The molecule has 1 heterocycles. The molecule has 0 amide bonds. The molecule has 0 unspecified atom stereocenters. The van der Waals surface area contributed by atoms with Gasteiger partial charge in [0.1, 0.15) is 23.0 Å². The number of benzene rings is 1. The molecule has 19 heavy (non-hydrogen) atoms. The van der Waals surface area contributed by atoms with Gasteiger partial charge in [-0.25, -0.2) is 9.07 Å². The van der Waals surface area contributed by atoms with Gasteiger partial charge < -0.3 is 10.5 Å². The second-order valence-corrected chi connectivity index (χ2v) is 4.83. The average Bonchev–Trinajstić information content (AvgIpc) is 2.57. The Balaban J connectivity index is 2.46. The first-order valence-corrected chi connectivity index (χ1v) is 6.20. The van der Waals surface area contributed by atoms with E-state index in [0.29, 0.717) is 27.4 Å². The van der Waals surface area contributed by atoms with Crippen molar-refractivity contribution in [3.05, 3.63) is 39.7 Å². The van der Waals surface area contributed by atoms with E-state index in [-0.39, 0.29) is 11.7 Å². The van der Waals surface area contributed by atoms with Crippen LogP contribution in [0.25, 0.3) is 0 Å². The van der Waals surface area contributed by atoms with E-state index in [9.17, 15) is 4.39 Å². The molecule has 0 saturated carbocycles. The van der Waals surface area contributed by atoms with Crippen molar-refractivity contribution < 1.29 is 9.13 Å². The van der Waals surface area contributed by atoms with E-state index in [2.05, 4.69) is 21.0 Å². The molecule has 100 valence electrons. The fourth-order valence-corrected chi connectivity index (χ4v) is 2.16. The van der Waals surface area contributed by atoms with Crippen molar-refractivity contribution in [3.63, 3.8) is 0 Å². The van der Waals surface area contributed by atoms with Gasteiger partial charge in [-0.1, -0.05) is 0 Å². The van der Waals surface area contributed by atoms with Gasteiger partial charge in [-0.05, 0) is 41.1 Å². The topological polar surface area (TPSA) is 76.9 Å². The first kappa shape index (κ1) is 13.5. The van der Waals surface area contributed by atoms with Crippen molar-refractivity contribution in [1.82, 2.24) is 9.78 Å². The first-order chi connectivity index (χ1) is 8.90. The highest BCUT2D eigenvalue weighted by atomic mass is 79.9. The summed E-state index contributed by atoms with van der Waals surface area (Å²) in [6, 6.07) is 4.08. The predicted octanol–water partition coefficient (Wildman–Crippen LogP) is 2.71. The smallest absolute Gasteiger partial charge is 0.228 e. The van der Waals surface area contributed by atoms with E-state index in [0.717, 1.165) is 0 Å². The van der Waals surface area contributed by atoms with Crippen LogP contribution in [-0.4, -0.2) is 15.6 Å². The minimum atomic E-state index is -0.368. The van der Waals surface area contributed by atoms with Crippen LogP contribution < -0.4 is 10.5 Å². The molecule has 1 aromatic heterocycles. The van der Waals surface area contributed by atoms with Crippen LogP contribution in [0.3, 0.4) is 0 Å². The minimum absolute atomic E-state index is 0.126. The second kappa shape index (κ2) is 5.00. The van der Waals surface area contributed by atoms with Crippen molar-refractivity contribution in [2.24, 2.45) is 12.8 Å². The zero-order valence-electron chi connectivity index (χ0n) is 10.4. The molecule has 0 bridgehead atoms. The standard InChI is InChI=1S/C12H12BrFN4O/c1-6-10(11(15)16)12(18(2)17-6)19-9-4-3-7(14)5-8(9)13/h3-5H,1-2H3,(H3,15,16). The second-order valence-electron chi connectivity index (χ2n) is 3.98. The molecule has 0 radical (unpaired) electrons. The number of nitrogens with two attached hydrogens (primary N) is 1. The molecule has 0 spiro atoms. The first-order valence-electron chi connectivity index (χ1n) is 5.41. The molecule has 0 fully saturated rings. The number of aromatic nitrogens is 2. The summed E-state index contributed by atoms with van der Waals surface area (Å²) in [6.45, 7) is 1.74. The van der Waals surface area contributed by atoms with Crippen LogP contribution in [0.5, 0.6) is 11.6 Å². The van der Waals surface area contributed by atoms with E-state index in [4.69, 9.17) is 15.9 Å². The molecule has 1 aromatic carbocycles. The Hall–Kier alpha value is -1.89. The van der Waals surface area contributed by atoms with Crippen molar-refractivity contribution in [3.8, 4) is 11.6 Å². The molecule has 5 nitrogen and oxygen atoms in total. The molecule has 0 aliphatic carbocycles. The molecule has 2 rings (SSSR count). The highest BCUT2D eigenvalue weighted by molar-refractivity contribution is 9.10. The maximum atomic E-state index is 13.0. The summed E-state index contributed by atoms with van der Waals surface area (Å²) in [6.07, 6.45) is 0. The van der Waals surface area contributed by atoms with Crippen LogP contribution >= 0.6 is 15.9 Å².